The highest BCUT2D eigenvalue weighted by Crippen LogP contribution is 2.22. The van der Waals surface area contributed by atoms with Crippen LogP contribution in [0.1, 0.15) is 30.5 Å². The molecule has 2 aliphatic heterocycles. The van der Waals surface area contributed by atoms with Crippen LogP contribution in [-0.2, 0) is 0 Å². The molecule has 2 amide bonds. The second-order valence-electron chi connectivity index (χ2n) is 7.99. The molecule has 0 spiro atoms. The first-order valence-corrected chi connectivity index (χ1v) is 10.6. The number of amides is 2. The number of aromatic nitrogens is 2. The van der Waals surface area contributed by atoms with Crippen molar-refractivity contribution in [1.82, 2.24) is 14.9 Å². The number of carbonyl (C=O) groups is 1. The molecule has 2 saturated heterocycles. The first kappa shape index (κ1) is 19.5. The quantitative estimate of drug-likeness (QED) is 0.864. The third-order valence-electron chi connectivity index (χ3n) is 5.63. The van der Waals surface area contributed by atoms with Crippen molar-refractivity contribution in [1.29, 1.82) is 0 Å². The van der Waals surface area contributed by atoms with Gasteiger partial charge in [0.15, 0.2) is 0 Å². The Labute approximate surface area is 172 Å². The van der Waals surface area contributed by atoms with Gasteiger partial charge >= 0.3 is 6.03 Å². The second kappa shape index (κ2) is 8.68. The van der Waals surface area contributed by atoms with Crippen molar-refractivity contribution in [3.05, 3.63) is 41.6 Å². The minimum Gasteiger partial charge on any atom is -0.356 e. The summed E-state index contributed by atoms with van der Waals surface area (Å²) in [4.78, 5) is 28.5. The van der Waals surface area contributed by atoms with E-state index in [1.165, 1.54) is 19.3 Å². The summed E-state index contributed by atoms with van der Waals surface area (Å²) in [5.74, 6) is 1.82. The Hall–Kier alpha value is -2.83. The molecule has 2 fully saturated rings. The zero-order chi connectivity index (χ0) is 20.2. The van der Waals surface area contributed by atoms with Gasteiger partial charge in [-0.25, -0.2) is 9.78 Å². The standard InChI is InChI=1S/C22H30N6O/c1-17-7-6-8-19(15-17)24-22(29)28-13-11-27(12-14-28)21-23-18(2)16-20(25-21)26-9-4-3-5-10-26/h6-8,15-16H,3-5,9-14H2,1-2H3,(H,24,29). The third-order valence-corrected chi connectivity index (χ3v) is 5.63. The van der Waals surface area contributed by atoms with Crippen molar-refractivity contribution >= 4 is 23.5 Å². The van der Waals surface area contributed by atoms with Crippen LogP contribution in [-0.4, -0.2) is 60.2 Å². The van der Waals surface area contributed by atoms with E-state index in [-0.39, 0.29) is 6.03 Å². The maximum atomic E-state index is 12.6. The van der Waals surface area contributed by atoms with Crippen molar-refractivity contribution in [2.45, 2.75) is 33.1 Å². The van der Waals surface area contributed by atoms with E-state index in [4.69, 9.17) is 4.98 Å². The highest BCUT2D eigenvalue weighted by molar-refractivity contribution is 5.89. The second-order valence-corrected chi connectivity index (χ2v) is 7.99. The number of hydrogen-bond donors (Lipinski definition) is 1. The van der Waals surface area contributed by atoms with E-state index in [0.717, 1.165) is 54.9 Å². The number of piperazine rings is 1. The summed E-state index contributed by atoms with van der Waals surface area (Å²) < 4.78 is 0. The van der Waals surface area contributed by atoms with Crippen LogP contribution >= 0.6 is 0 Å². The zero-order valence-electron chi connectivity index (χ0n) is 17.4. The number of carbonyl (C=O) groups excluding carboxylic acids is 1. The van der Waals surface area contributed by atoms with Crippen LogP contribution in [0.4, 0.5) is 22.2 Å². The summed E-state index contributed by atoms with van der Waals surface area (Å²) in [6, 6.07) is 9.92. The van der Waals surface area contributed by atoms with Gasteiger partial charge in [-0.2, -0.15) is 4.98 Å². The Morgan fingerprint density at radius 2 is 1.66 bits per heavy atom. The molecular weight excluding hydrogens is 364 g/mol. The topological polar surface area (TPSA) is 64.6 Å². The number of hydrogen-bond acceptors (Lipinski definition) is 5. The van der Waals surface area contributed by atoms with Gasteiger partial charge in [-0.1, -0.05) is 12.1 Å². The fourth-order valence-corrected chi connectivity index (χ4v) is 4.00. The maximum Gasteiger partial charge on any atom is 0.321 e. The van der Waals surface area contributed by atoms with E-state index in [1.54, 1.807) is 0 Å². The third kappa shape index (κ3) is 4.78. The zero-order valence-corrected chi connectivity index (χ0v) is 17.4. The molecule has 3 heterocycles. The van der Waals surface area contributed by atoms with Crippen molar-refractivity contribution in [2.24, 2.45) is 0 Å². The molecule has 7 heteroatoms. The Morgan fingerprint density at radius 3 is 2.38 bits per heavy atom. The fourth-order valence-electron chi connectivity index (χ4n) is 4.00. The minimum absolute atomic E-state index is 0.0468. The molecule has 1 aromatic heterocycles. The molecule has 0 aliphatic carbocycles. The minimum atomic E-state index is -0.0468. The van der Waals surface area contributed by atoms with Crippen molar-refractivity contribution in [2.75, 3.05) is 54.4 Å². The Morgan fingerprint density at radius 1 is 0.897 bits per heavy atom. The average molecular weight is 395 g/mol. The van der Waals surface area contributed by atoms with Gasteiger partial charge in [-0.05, 0) is 50.8 Å². The summed E-state index contributed by atoms with van der Waals surface area (Å²) in [5.41, 5.74) is 2.97. The van der Waals surface area contributed by atoms with Gasteiger partial charge in [0, 0.05) is 56.7 Å². The first-order chi connectivity index (χ1) is 14.1. The van der Waals surface area contributed by atoms with Crippen LogP contribution < -0.4 is 15.1 Å². The number of aryl methyl sites for hydroxylation is 2. The average Bonchev–Trinajstić information content (AvgIpc) is 2.74. The molecule has 2 aromatic rings. The molecule has 1 N–H and O–H groups in total. The molecule has 7 nitrogen and oxygen atoms in total. The van der Waals surface area contributed by atoms with Crippen LogP contribution in [0.15, 0.2) is 30.3 Å². The predicted octanol–water partition coefficient (Wildman–Crippen LogP) is 3.44. The SMILES string of the molecule is Cc1cccc(NC(=O)N2CCN(c3nc(C)cc(N4CCCCC4)n3)CC2)c1. The van der Waals surface area contributed by atoms with Gasteiger partial charge in [0.05, 0.1) is 0 Å². The summed E-state index contributed by atoms with van der Waals surface area (Å²) in [6.45, 7) is 9.00. The summed E-state index contributed by atoms with van der Waals surface area (Å²) >= 11 is 0. The molecule has 2 aliphatic rings. The molecule has 29 heavy (non-hydrogen) atoms. The van der Waals surface area contributed by atoms with Gasteiger partial charge < -0.3 is 20.0 Å². The normalized spacial score (nSPS) is 17.4. The van der Waals surface area contributed by atoms with Crippen molar-refractivity contribution < 1.29 is 4.79 Å². The lowest BCUT2D eigenvalue weighted by atomic mass is 10.1. The molecular formula is C22H30N6O. The van der Waals surface area contributed by atoms with Crippen molar-refractivity contribution in [3.63, 3.8) is 0 Å². The number of benzene rings is 1. The maximum absolute atomic E-state index is 12.6. The summed E-state index contributed by atoms with van der Waals surface area (Å²) in [6.07, 6.45) is 3.76. The molecule has 1 aromatic carbocycles. The number of nitrogens with one attached hydrogen (secondary N) is 1. The van der Waals surface area contributed by atoms with E-state index in [1.807, 2.05) is 43.0 Å². The van der Waals surface area contributed by atoms with Gasteiger partial charge in [0.25, 0.3) is 0 Å². The van der Waals surface area contributed by atoms with Crippen LogP contribution in [0, 0.1) is 13.8 Å². The molecule has 0 bridgehead atoms. The van der Waals surface area contributed by atoms with Gasteiger partial charge in [-0.3, -0.25) is 0 Å². The number of piperidine rings is 1. The first-order valence-electron chi connectivity index (χ1n) is 10.6. The Bertz CT molecular complexity index is 856. The van der Waals surface area contributed by atoms with E-state index in [2.05, 4.69) is 26.2 Å². The number of rotatable bonds is 3. The number of nitrogens with zero attached hydrogens (tertiary/aromatic N) is 5. The van der Waals surface area contributed by atoms with Crippen LogP contribution in [0.5, 0.6) is 0 Å². The van der Waals surface area contributed by atoms with E-state index in [0.29, 0.717) is 13.1 Å². The van der Waals surface area contributed by atoms with Crippen LogP contribution in [0.25, 0.3) is 0 Å². The summed E-state index contributed by atoms with van der Waals surface area (Å²) in [5, 5.41) is 3.00. The Kier molecular flexibility index (Phi) is 5.83. The largest absolute Gasteiger partial charge is 0.356 e. The van der Waals surface area contributed by atoms with Crippen molar-refractivity contribution in [3.8, 4) is 0 Å². The Balaban J connectivity index is 1.38. The van der Waals surface area contributed by atoms with Crippen LogP contribution in [0.3, 0.4) is 0 Å². The number of anilines is 3. The fraction of sp³-hybridized carbons (Fsp3) is 0.500. The summed E-state index contributed by atoms with van der Waals surface area (Å²) in [7, 11) is 0. The molecule has 154 valence electrons. The number of urea groups is 1. The van der Waals surface area contributed by atoms with E-state index < -0.39 is 0 Å². The van der Waals surface area contributed by atoms with Gasteiger partial charge in [-0.15, -0.1) is 0 Å². The lowest BCUT2D eigenvalue weighted by Crippen LogP contribution is -2.50. The van der Waals surface area contributed by atoms with Crippen LogP contribution in [0.2, 0.25) is 0 Å². The lowest BCUT2D eigenvalue weighted by molar-refractivity contribution is 0.208. The molecule has 0 radical (unpaired) electrons. The van der Waals surface area contributed by atoms with Gasteiger partial charge in [0.1, 0.15) is 5.82 Å². The van der Waals surface area contributed by atoms with E-state index in [9.17, 15) is 4.79 Å². The molecule has 0 atom stereocenters. The molecule has 0 unspecified atom stereocenters. The highest BCUT2D eigenvalue weighted by atomic mass is 16.2. The molecule has 0 saturated carbocycles. The molecule has 4 rings (SSSR count). The lowest BCUT2D eigenvalue weighted by Gasteiger charge is -2.35. The van der Waals surface area contributed by atoms with E-state index >= 15 is 0 Å². The predicted molar refractivity (Wildman–Crippen MR) is 117 cm³/mol. The monoisotopic (exact) mass is 394 g/mol. The highest BCUT2D eigenvalue weighted by Gasteiger charge is 2.24. The smallest absolute Gasteiger partial charge is 0.321 e. The van der Waals surface area contributed by atoms with Gasteiger partial charge in [0.2, 0.25) is 5.95 Å².